The number of esters is 1. The molecule has 3 aromatic rings. The van der Waals surface area contributed by atoms with Crippen LogP contribution in [0.1, 0.15) is 37.0 Å². The summed E-state index contributed by atoms with van der Waals surface area (Å²) in [4.78, 5) is 16.7. The summed E-state index contributed by atoms with van der Waals surface area (Å²) in [6.45, 7) is 3.83. The number of halogens is 1. The largest absolute Gasteiger partial charge is 0.476 e. The number of nitrogens with zero attached hydrogens (tertiary/aromatic N) is 1. The Hall–Kier alpha value is -2.85. The average Bonchev–Trinajstić information content (AvgIpc) is 2.75. The van der Waals surface area contributed by atoms with Crippen molar-refractivity contribution < 1.29 is 14.3 Å². The number of hydrogen-bond donors (Lipinski definition) is 0. The topological polar surface area (TPSA) is 48.4 Å². The van der Waals surface area contributed by atoms with Gasteiger partial charge in [-0.25, -0.2) is 4.79 Å². The van der Waals surface area contributed by atoms with Gasteiger partial charge in [-0.05, 0) is 61.2 Å². The zero-order valence-electron chi connectivity index (χ0n) is 16.6. The van der Waals surface area contributed by atoms with Gasteiger partial charge in [0.25, 0.3) is 0 Å². The molecule has 0 N–H and O–H groups in total. The summed E-state index contributed by atoms with van der Waals surface area (Å²) < 4.78 is 11.5. The normalized spacial score (nSPS) is 12.8. The third-order valence-corrected chi connectivity index (χ3v) is 5.04. The number of pyridine rings is 1. The van der Waals surface area contributed by atoms with E-state index in [1.54, 1.807) is 19.3 Å². The van der Waals surface area contributed by atoms with Crippen molar-refractivity contribution >= 4 is 17.6 Å². The fourth-order valence-corrected chi connectivity index (χ4v) is 2.94. The lowest BCUT2D eigenvalue weighted by Gasteiger charge is -2.27. The number of rotatable bonds is 8. The van der Waals surface area contributed by atoms with Gasteiger partial charge >= 0.3 is 5.97 Å². The molecular weight excluding hydrogens is 386 g/mol. The Labute approximate surface area is 176 Å². The van der Waals surface area contributed by atoms with Crippen LogP contribution in [0.4, 0.5) is 0 Å². The number of benzene rings is 2. The van der Waals surface area contributed by atoms with Gasteiger partial charge in [0, 0.05) is 23.0 Å². The van der Waals surface area contributed by atoms with Crippen LogP contribution in [-0.4, -0.2) is 16.6 Å². The summed E-state index contributed by atoms with van der Waals surface area (Å²) in [7, 11) is 0. The van der Waals surface area contributed by atoms with Crippen LogP contribution in [0.5, 0.6) is 5.75 Å². The Morgan fingerprint density at radius 1 is 1.00 bits per heavy atom. The molecule has 0 unspecified atom stereocenters. The quantitative estimate of drug-likeness (QED) is 0.453. The highest BCUT2D eigenvalue weighted by atomic mass is 35.5. The zero-order valence-corrected chi connectivity index (χ0v) is 17.4. The molecule has 1 atom stereocenters. The van der Waals surface area contributed by atoms with E-state index in [1.165, 1.54) is 5.56 Å². The molecule has 150 valence electrons. The minimum Gasteiger partial charge on any atom is -0.476 e. The molecule has 1 aromatic heterocycles. The lowest BCUT2D eigenvalue weighted by Crippen LogP contribution is -2.42. The van der Waals surface area contributed by atoms with Gasteiger partial charge < -0.3 is 9.47 Å². The Balaban J connectivity index is 1.61. The second kappa shape index (κ2) is 9.57. The standard InChI is InChI=1S/C24H24ClNO3/c1-3-24(2,23(27)28-17-20-5-4-14-26-16-20)29-22-12-8-19(9-13-22)15-18-6-10-21(25)11-7-18/h4-14,16H,3,15,17H2,1-2H3/t24-/m1/s1. The van der Waals surface area contributed by atoms with E-state index in [1.807, 2.05) is 67.6 Å². The van der Waals surface area contributed by atoms with Gasteiger partial charge in [0.2, 0.25) is 5.60 Å². The van der Waals surface area contributed by atoms with Crippen molar-refractivity contribution in [3.63, 3.8) is 0 Å². The van der Waals surface area contributed by atoms with E-state index in [2.05, 4.69) is 4.98 Å². The summed E-state index contributed by atoms with van der Waals surface area (Å²) in [6, 6.07) is 19.2. The van der Waals surface area contributed by atoms with Gasteiger partial charge in [0.1, 0.15) is 12.4 Å². The maximum atomic E-state index is 12.6. The minimum absolute atomic E-state index is 0.172. The van der Waals surface area contributed by atoms with E-state index >= 15 is 0 Å². The smallest absolute Gasteiger partial charge is 0.350 e. The van der Waals surface area contributed by atoms with E-state index < -0.39 is 11.6 Å². The maximum absolute atomic E-state index is 12.6. The van der Waals surface area contributed by atoms with E-state index in [0.717, 1.165) is 22.6 Å². The summed E-state index contributed by atoms with van der Waals surface area (Å²) in [6.07, 6.45) is 4.65. The van der Waals surface area contributed by atoms with E-state index in [4.69, 9.17) is 21.1 Å². The van der Waals surface area contributed by atoms with Gasteiger partial charge in [-0.15, -0.1) is 0 Å². The molecule has 4 nitrogen and oxygen atoms in total. The second-order valence-electron chi connectivity index (χ2n) is 7.07. The van der Waals surface area contributed by atoms with Crippen LogP contribution >= 0.6 is 11.6 Å². The van der Waals surface area contributed by atoms with Crippen LogP contribution in [0.3, 0.4) is 0 Å². The summed E-state index contributed by atoms with van der Waals surface area (Å²) in [5.41, 5.74) is 2.11. The van der Waals surface area contributed by atoms with Crippen molar-refractivity contribution in [3.8, 4) is 5.75 Å². The fraction of sp³-hybridized carbons (Fsp3) is 0.250. The Morgan fingerprint density at radius 2 is 1.66 bits per heavy atom. The molecule has 0 spiro atoms. The first-order chi connectivity index (χ1) is 14.0. The minimum atomic E-state index is -1.06. The van der Waals surface area contributed by atoms with Crippen molar-refractivity contribution in [1.82, 2.24) is 4.98 Å². The Kier molecular flexibility index (Phi) is 6.89. The van der Waals surface area contributed by atoms with Crippen LogP contribution in [0.2, 0.25) is 5.02 Å². The van der Waals surface area contributed by atoms with Crippen molar-refractivity contribution in [2.75, 3.05) is 0 Å². The number of hydrogen-bond acceptors (Lipinski definition) is 4. The predicted molar refractivity (Wildman–Crippen MR) is 114 cm³/mol. The van der Waals surface area contributed by atoms with E-state index in [-0.39, 0.29) is 6.61 Å². The lowest BCUT2D eigenvalue weighted by atomic mass is 10.0. The number of ether oxygens (including phenoxy) is 2. The monoisotopic (exact) mass is 409 g/mol. The van der Waals surface area contributed by atoms with Crippen molar-refractivity contribution in [2.24, 2.45) is 0 Å². The molecule has 0 fully saturated rings. The first-order valence-corrected chi connectivity index (χ1v) is 9.95. The lowest BCUT2D eigenvalue weighted by molar-refractivity contribution is -0.162. The molecule has 29 heavy (non-hydrogen) atoms. The van der Waals surface area contributed by atoms with Crippen molar-refractivity contribution in [2.45, 2.75) is 38.9 Å². The molecule has 3 rings (SSSR count). The third kappa shape index (κ3) is 5.81. The first kappa shape index (κ1) is 20.9. The fourth-order valence-electron chi connectivity index (χ4n) is 2.82. The molecular formula is C24H24ClNO3. The second-order valence-corrected chi connectivity index (χ2v) is 7.51. The molecule has 0 saturated heterocycles. The molecule has 5 heteroatoms. The van der Waals surface area contributed by atoms with Gasteiger partial charge in [0.05, 0.1) is 0 Å². The number of aromatic nitrogens is 1. The number of carbonyl (C=O) groups excluding carboxylic acids is 1. The molecule has 0 radical (unpaired) electrons. The number of carbonyl (C=O) groups is 1. The first-order valence-electron chi connectivity index (χ1n) is 9.57. The Morgan fingerprint density at radius 3 is 2.24 bits per heavy atom. The molecule has 0 aliphatic heterocycles. The van der Waals surface area contributed by atoms with Crippen molar-refractivity contribution in [3.05, 3.63) is 94.8 Å². The van der Waals surface area contributed by atoms with Crippen LogP contribution < -0.4 is 4.74 Å². The van der Waals surface area contributed by atoms with Gasteiger partial charge in [-0.3, -0.25) is 4.98 Å². The van der Waals surface area contributed by atoms with Gasteiger partial charge in [-0.2, -0.15) is 0 Å². The van der Waals surface area contributed by atoms with Crippen molar-refractivity contribution in [1.29, 1.82) is 0 Å². The summed E-state index contributed by atoms with van der Waals surface area (Å²) in [5.74, 6) is 0.238. The maximum Gasteiger partial charge on any atom is 0.350 e. The summed E-state index contributed by atoms with van der Waals surface area (Å²) in [5, 5.41) is 0.728. The summed E-state index contributed by atoms with van der Waals surface area (Å²) >= 11 is 5.94. The zero-order chi connectivity index (χ0) is 20.7. The predicted octanol–water partition coefficient (Wildman–Crippen LogP) is 5.62. The third-order valence-electron chi connectivity index (χ3n) is 4.79. The highest BCUT2D eigenvalue weighted by Crippen LogP contribution is 2.24. The van der Waals surface area contributed by atoms with Crippen LogP contribution in [0.25, 0.3) is 0 Å². The van der Waals surface area contributed by atoms with Crippen LogP contribution in [0.15, 0.2) is 73.1 Å². The van der Waals surface area contributed by atoms with E-state index in [0.29, 0.717) is 12.2 Å². The SMILES string of the molecule is CC[C@@](C)(Oc1ccc(Cc2ccc(Cl)cc2)cc1)C(=O)OCc1cccnc1. The highest BCUT2D eigenvalue weighted by Gasteiger charge is 2.35. The highest BCUT2D eigenvalue weighted by molar-refractivity contribution is 6.30. The average molecular weight is 410 g/mol. The van der Waals surface area contributed by atoms with E-state index in [9.17, 15) is 4.79 Å². The van der Waals surface area contributed by atoms with Crippen LogP contribution in [-0.2, 0) is 22.6 Å². The van der Waals surface area contributed by atoms with Gasteiger partial charge in [0.15, 0.2) is 0 Å². The molecule has 0 saturated carbocycles. The van der Waals surface area contributed by atoms with Crippen LogP contribution in [0, 0.1) is 0 Å². The molecule has 0 bridgehead atoms. The molecule has 2 aromatic carbocycles. The molecule has 1 heterocycles. The molecule has 0 aliphatic rings. The molecule has 0 amide bonds. The molecule has 0 aliphatic carbocycles. The Bertz CT molecular complexity index is 927. The van der Waals surface area contributed by atoms with Gasteiger partial charge in [-0.1, -0.05) is 48.9 Å².